The number of aryl methyl sites for hydroxylation is 1. The molecule has 0 aromatic heterocycles. The number of ether oxygens (including phenoxy) is 1. The summed E-state index contributed by atoms with van der Waals surface area (Å²) in [5.74, 6) is -2.03. The van der Waals surface area contributed by atoms with Crippen LogP contribution in [0.3, 0.4) is 0 Å². The summed E-state index contributed by atoms with van der Waals surface area (Å²) in [4.78, 5) is 12.6. The Hall–Kier alpha value is -3.46. The van der Waals surface area contributed by atoms with Crippen molar-refractivity contribution in [2.75, 3.05) is 22.8 Å². The van der Waals surface area contributed by atoms with Crippen molar-refractivity contribution in [1.29, 1.82) is 0 Å². The highest BCUT2D eigenvalue weighted by Gasteiger charge is 2.27. The van der Waals surface area contributed by atoms with Crippen molar-refractivity contribution in [3.05, 3.63) is 83.9 Å². The molecule has 3 aromatic rings. The predicted molar refractivity (Wildman–Crippen MR) is 118 cm³/mol. The maximum Gasteiger partial charge on any atom is 0.264 e. The van der Waals surface area contributed by atoms with Crippen molar-refractivity contribution in [3.63, 3.8) is 0 Å². The van der Waals surface area contributed by atoms with E-state index < -0.39 is 34.1 Å². The molecule has 0 saturated heterocycles. The molecule has 0 unspecified atom stereocenters. The number of hydrogen-bond donors (Lipinski definition) is 1. The fourth-order valence-electron chi connectivity index (χ4n) is 2.94. The van der Waals surface area contributed by atoms with Gasteiger partial charge in [-0.3, -0.25) is 9.10 Å². The fraction of sp³-hybridized carbons (Fsp3) is 0.174. The zero-order valence-corrected chi connectivity index (χ0v) is 18.3. The molecule has 0 aliphatic rings. The van der Waals surface area contributed by atoms with Crippen molar-refractivity contribution < 1.29 is 26.7 Å². The standard InChI is InChI=1S/C23H22F2N2O4S/c1-3-31-19-9-11-20(12-10-19)32(29,30)27(18-7-4-16(2)5-8-18)15-23(28)26-22-13-6-17(24)14-21(22)25/h4-14H,3,15H2,1-2H3,(H,26,28). The molecule has 0 radical (unpaired) electrons. The van der Waals surface area contributed by atoms with Crippen LogP contribution < -0.4 is 14.4 Å². The summed E-state index contributed by atoms with van der Waals surface area (Å²) in [6, 6.07) is 15.1. The van der Waals surface area contributed by atoms with Crippen LogP contribution in [0.25, 0.3) is 0 Å². The average molecular weight is 461 g/mol. The lowest BCUT2D eigenvalue weighted by Gasteiger charge is -2.24. The predicted octanol–water partition coefficient (Wildman–Crippen LogP) is 4.51. The molecule has 3 aromatic carbocycles. The summed E-state index contributed by atoms with van der Waals surface area (Å²) in [5, 5.41) is 2.29. The van der Waals surface area contributed by atoms with E-state index in [2.05, 4.69) is 5.32 Å². The Morgan fingerprint density at radius 3 is 2.25 bits per heavy atom. The topological polar surface area (TPSA) is 75.7 Å². The number of anilines is 2. The molecular formula is C23H22F2N2O4S. The zero-order valence-electron chi connectivity index (χ0n) is 17.5. The first-order valence-electron chi connectivity index (χ1n) is 9.78. The first-order valence-corrected chi connectivity index (χ1v) is 11.2. The van der Waals surface area contributed by atoms with Gasteiger partial charge in [-0.2, -0.15) is 0 Å². The minimum Gasteiger partial charge on any atom is -0.494 e. The summed E-state index contributed by atoms with van der Waals surface area (Å²) < 4.78 is 60.1. The summed E-state index contributed by atoms with van der Waals surface area (Å²) in [7, 11) is -4.14. The Morgan fingerprint density at radius 2 is 1.66 bits per heavy atom. The molecule has 0 atom stereocenters. The number of halogens is 2. The second-order valence-corrected chi connectivity index (χ2v) is 8.79. The number of nitrogens with one attached hydrogen (secondary N) is 1. The third-order valence-electron chi connectivity index (χ3n) is 4.54. The van der Waals surface area contributed by atoms with E-state index in [1.165, 1.54) is 24.3 Å². The molecule has 0 aliphatic heterocycles. The highest BCUT2D eigenvalue weighted by atomic mass is 32.2. The number of carbonyl (C=O) groups is 1. The molecule has 0 fully saturated rings. The molecule has 32 heavy (non-hydrogen) atoms. The molecule has 1 amide bonds. The smallest absolute Gasteiger partial charge is 0.264 e. The molecule has 168 valence electrons. The van der Waals surface area contributed by atoms with Crippen LogP contribution in [-0.4, -0.2) is 27.5 Å². The van der Waals surface area contributed by atoms with E-state index in [-0.39, 0.29) is 16.3 Å². The monoisotopic (exact) mass is 460 g/mol. The molecule has 9 heteroatoms. The molecule has 6 nitrogen and oxygen atoms in total. The van der Waals surface area contributed by atoms with E-state index >= 15 is 0 Å². The maximum absolute atomic E-state index is 13.9. The van der Waals surface area contributed by atoms with Gasteiger partial charge in [-0.15, -0.1) is 0 Å². The Kier molecular flexibility index (Phi) is 7.09. The second-order valence-electron chi connectivity index (χ2n) is 6.92. The highest BCUT2D eigenvalue weighted by Crippen LogP contribution is 2.26. The summed E-state index contributed by atoms with van der Waals surface area (Å²) >= 11 is 0. The molecule has 1 N–H and O–H groups in total. The SMILES string of the molecule is CCOc1ccc(S(=O)(=O)N(CC(=O)Nc2ccc(F)cc2F)c2ccc(C)cc2)cc1. The van der Waals surface area contributed by atoms with Gasteiger partial charge in [-0.05, 0) is 62.4 Å². The van der Waals surface area contributed by atoms with Gasteiger partial charge < -0.3 is 10.1 Å². The van der Waals surface area contributed by atoms with Gasteiger partial charge in [0, 0.05) is 6.07 Å². The number of sulfonamides is 1. The van der Waals surface area contributed by atoms with Crippen LogP contribution in [0.15, 0.2) is 71.6 Å². The number of benzene rings is 3. The van der Waals surface area contributed by atoms with Crippen LogP contribution in [0.1, 0.15) is 12.5 Å². The molecular weight excluding hydrogens is 438 g/mol. The largest absolute Gasteiger partial charge is 0.494 e. The summed E-state index contributed by atoms with van der Waals surface area (Å²) in [6.45, 7) is 3.47. The third kappa shape index (κ3) is 5.42. The second kappa shape index (κ2) is 9.78. The van der Waals surface area contributed by atoms with Gasteiger partial charge in [-0.25, -0.2) is 17.2 Å². The van der Waals surface area contributed by atoms with Gasteiger partial charge in [0.25, 0.3) is 10.0 Å². The van der Waals surface area contributed by atoms with Gasteiger partial charge in [0.15, 0.2) is 0 Å². The highest BCUT2D eigenvalue weighted by molar-refractivity contribution is 7.92. The van der Waals surface area contributed by atoms with Crippen LogP contribution in [0.2, 0.25) is 0 Å². The van der Waals surface area contributed by atoms with Gasteiger partial charge >= 0.3 is 0 Å². The van der Waals surface area contributed by atoms with Crippen molar-refractivity contribution in [3.8, 4) is 5.75 Å². The molecule has 0 bridgehead atoms. The van der Waals surface area contributed by atoms with Crippen LogP contribution in [0, 0.1) is 18.6 Å². The fourth-order valence-corrected chi connectivity index (χ4v) is 4.36. The number of carbonyl (C=O) groups excluding carboxylic acids is 1. The average Bonchev–Trinajstić information content (AvgIpc) is 2.75. The van der Waals surface area contributed by atoms with E-state index in [4.69, 9.17) is 4.74 Å². The van der Waals surface area contributed by atoms with Crippen molar-refractivity contribution >= 4 is 27.3 Å². The van der Waals surface area contributed by atoms with Crippen molar-refractivity contribution in [2.24, 2.45) is 0 Å². The van der Waals surface area contributed by atoms with Gasteiger partial charge in [0.1, 0.15) is 23.9 Å². The number of rotatable bonds is 8. The first-order chi connectivity index (χ1) is 15.2. The van der Waals surface area contributed by atoms with Crippen LogP contribution in [0.4, 0.5) is 20.2 Å². The molecule has 0 aliphatic carbocycles. The summed E-state index contributed by atoms with van der Waals surface area (Å²) in [6.07, 6.45) is 0. The van der Waals surface area contributed by atoms with E-state index in [0.29, 0.717) is 18.4 Å². The van der Waals surface area contributed by atoms with E-state index in [9.17, 15) is 22.0 Å². The number of nitrogens with zero attached hydrogens (tertiary/aromatic N) is 1. The molecule has 0 heterocycles. The first kappa shape index (κ1) is 23.2. The Labute approximate surface area is 185 Å². The minimum atomic E-state index is -4.14. The Morgan fingerprint density at radius 1 is 1.00 bits per heavy atom. The van der Waals surface area contributed by atoms with E-state index in [1.807, 2.05) is 13.8 Å². The lowest BCUT2D eigenvalue weighted by molar-refractivity contribution is -0.114. The lowest BCUT2D eigenvalue weighted by Crippen LogP contribution is -2.38. The normalized spacial score (nSPS) is 11.1. The number of hydrogen-bond acceptors (Lipinski definition) is 4. The quantitative estimate of drug-likeness (QED) is 0.537. The van der Waals surface area contributed by atoms with Crippen LogP contribution in [0.5, 0.6) is 5.75 Å². The zero-order chi connectivity index (χ0) is 23.3. The summed E-state index contributed by atoms with van der Waals surface area (Å²) in [5.41, 5.74) is 0.919. The lowest BCUT2D eigenvalue weighted by atomic mass is 10.2. The molecule has 0 saturated carbocycles. The minimum absolute atomic E-state index is 0.0395. The third-order valence-corrected chi connectivity index (χ3v) is 6.33. The van der Waals surface area contributed by atoms with Crippen molar-refractivity contribution in [1.82, 2.24) is 0 Å². The Balaban J connectivity index is 1.92. The van der Waals surface area contributed by atoms with E-state index in [0.717, 1.165) is 22.0 Å². The Bertz CT molecular complexity index is 1200. The van der Waals surface area contributed by atoms with E-state index in [1.54, 1.807) is 24.3 Å². The van der Waals surface area contributed by atoms with Gasteiger partial charge in [0.05, 0.1) is 22.9 Å². The molecule has 3 rings (SSSR count). The van der Waals surface area contributed by atoms with Gasteiger partial charge in [-0.1, -0.05) is 17.7 Å². The van der Waals surface area contributed by atoms with Gasteiger partial charge in [0.2, 0.25) is 5.91 Å². The molecule has 0 spiro atoms. The van der Waals surface area contributed by atoms with Crippen LogP contribution >= 0.6 is 0 Å². The number of amides is 1. The van der Waals surface area contributed by atoms with Crippen molar-refractivity contribution in [2.45, 2.75) is 18.7 Å². The van der Waals surface area contributed by atoms with Crippen LogP contribution in [-0.2, 0) is 14.8 Å². The maximum atomic E-state index is 13.9.